The predicted octanol–water partition coefficient (Wildman–Crippen LogP) is 3.00. The molecule has 0 radical (unpaired) electrons. The van der Waals surface area contributed by atoms with Gasteiger partial charge in [0.15, 0.2) is 0 Å². The van der Waals surface area contributed by atoms with E-state index in [1.807, 2.05) is 24.0 Å². The Morgan fingerprint density at radius 2 is 2.00 bits per heavy atom. The van der Waals surface area contributed by atoms with Crippen LogP contribution in [-0.4, -0.2) is 36.7 Å². The molecule has 1 amide bonds. The minimum Gasteiger partial charge on any atom is -0.493 e. The Morgan fingerprint density at radius 1 is 1.32 bits per heavy atom. The van der Waals surface area contributed by atoms with Gasteiger partial charge in [0, 0.05) is 24.4 Å². The molecule has 1 saturated carbocycles. The van der Waals surface area contributed by atoms with Gasteiger partial charge in [0.05, 0.1) is 19.8 Å². The molecule has 2 fully saturated rings. The Kier molecular flexibility index (Phi) is 4.39. The molecule has 0 aromatic heterocycles. The van der Waals surface area contributed by atoms with Gasteiger partial charge < -0.3 is 14.4 Å². The molecule has 2 aliphatic rings. The smallest absolute Gasteiger partial charge is 0.222 e. The van der Waals surface area contributed by atoms with Gasteiger partial charge in [-0.1, -0.05) is 26.0 Å². The number of ether oxygens (including phenoxy) is 2. The Balaban J connectivity index is 1.55. The van der Waals surface area contributed by atoms with E-state index in [1.54, 1.807) is 0 Å². The van der Waals surface area contributed by atoms with Crippen LogP contribution in [0.4, 0.5) is 0 Å². The van der Waals surface area contributed by atoms with Crippen LogP contribution in [0.5, 0.6) is 5.75 Å². The molecule has 4 heteroatoms. The molecule has 1 aromatic carbocycles. The van der Waals surface area contributed by atoms with E-state index in [-0.39, 0.29) is 11.3 Å². The van der Waals surface area contributed by atoms with Crippen LogP contribution in [-0.2, 0) is 16.1 Å². The average Bonchev–Trinajstić information content (AvgIpc) is 3.34. The quantitative estimate of drug-likeness (QED) is 0.777. The Labute approximate surface area is 132 Å². The van der Waals surface area contributed by atoms with Gasteiger partial charge in [0.2, 0.25) is 5.91 Å². The second kappa shape index (κ2) is 6.29. The first kappa shape index (κ1) is 15.3. The summed E-state index contributed by atoms with van der Waals surface area (Å²) in [7, 11) is 0. The number of carbonyl (C=O) groups is 1. The predicted molar refractivity (Wildman–Crippen MR) is 84.7 cm³/mol. The number of hydrogen-bond donors (Lipinski definition) is 0. The minimum absolute atomic E-state index is 0.162. The molecule has 22 heavy (non-hydrogen) atoms. The zero-order valence-corrected chi connectivity index (χ0v) is 13.5. The van der Waals surface area contributed by atoms with E-state index >= 15 is 0 Å². The molecule has 1 aromatic rings. The van der Waals surface area contributed by atoms with E-state index in [2.05, 4.69) is 19.1 Å². The average molecular weight is 303 g/mol. The summed E-state index contributed by atoms with van der Waals surface area (Å²) in [5, 5.41) is 0. The van der Waals surface area contributed by atoms with Crippen molar-refractivity contribution in [1.29, 1.82) is 0 Å². The van der Waals surface area contributed by atoms with Crippen molar-refractivity contribution in [3.63, 3.8) is 0 Å². The summed E-state index contributed by atoms with van der Waals surface area (Å²) in [6, 6.07) is 8.59. The summed E-state index contributed by atoms with van der Waals surface area (Å²) in [5.41, 5.74) is 1.33. The van der Waals surface area contributed by atoms with Crippen molar-refractivity contribution < 1.29 is 14.3 Å². The molecule has 4 nitrogen and oxygen atoms in total. The van der Waals surface area contributed by atoms with Crippen molar-refractivity contribution in [1.82, 2.24) is 4.90 Å². The zero-order valence-electron chi connectivity index (χ0n) is 13.5. The molecule has 0 atom stereocenters. The lowest BCUT2D eigenvalue weighted by atomic mass is 9.90. The van der Waals surface area contributed by atoms with E-state index in [9.17, 15) is 4.79 Å². The fourth-order valence-corrected chi connectivity index (χ4v) is 2.69. The van der Waals surface area contributed by atoms with Gasteiger partial charge in [0.25, 0.3) is 0 Å². The Bertz CT molecular complexity index is 518. The molecule has 120 valence electrons. The van der Waals surface area contributed by atoms with Crippen molar-refractivity contribution in [3.05, 3.63) is 29.8 Å². The standard InChI is InChI=1S/C18H25NO3/c1-3-17(20)19(15-6-7-15)10-14-4-8-16(9-5-14)22-13-18(2)11-21-12-18/h4-5,8-9,15H,3,6-7,10-13H2,1-2H3. The maximum Gasteiger partial charge on any atom is 0.222 e. The third-order valence-corrected chi connectivity index (χ3v) is 4.38. The van der Waals surface area contributed by atoms with E-state index in [4.69, 9.17) is 9.47 Å². The van der Waals surface area contributed by atoms with Gasteiger partial charge in [-0.25, -0.2) is 0 Å². The lowest BCUT2D eigenvalue weighted by molar-refractivity contribution is -0.132. The molecule has 0 spiro atoms. The highest BCUT2D eigenvalue weighted by molar-refractivity contribution is 5.76. The molecule has 0 N–H and O–H groups in total. The van der Waals surface area contributed by atoms with Crippen LogP contribution in [0.1, 0.15) is 38.7 Å². The van der Waals surface area contributed by atoms with Crippen LogP contribution in [0.15, 0.2) is 24.3 Å². The summed E-state index contributed by atoms with van der Waals surface area (Å²) in [6.45, 7) is 7.06. The highest BCUT2D eigenvalue weighted by atomic mass is 16.5. The van der Waals surface area contributed by atoms with Gasteiger partial charge in [0.1, 0.15) is 5.75 Å². The molecule has 3 rings (SSSR count). The summed E-state index contributed by atoms with van der Waals surface area (Å²) in [5.74, 6) is 1.14. The first-order chi connectivity index (χ1) is 10.6. The topological polar surface area (TPSA) is 38.8 Å². The number of hydrogen-bond acceptors (Lipinski definition) is 3. The largest absolute Gasteiger partial charge is 0.493 e. The summed E-state index contributed by atoms with van der Waals surface area (Å²) < 4.78 is 11.1. The third-order valence-electron chi connectivity index (χ3n) is 4.38. The minimum atomic E-state index is 0.162. The van der Waals surface area contributed by atoms with Crippen molar-refractivity contribution in [3.8, 4) is 5.75 Å². The van der Waals surface area contributed by atoms with E-state index in [0.717, 1.165) is 31.8 Å². The summed E-state index contributed by atoms with van der Waals surface area (Å²) in [4.78, 5) is 14.0. The van der Waals surface area contributed by atoms with Gasteiger partial charge in [-0.2, -0.15) is 0 Å². The van der Waals surface area contributed by atoms with Gasteiger partial charge in [-0.15, -0.1) is 0 Å². The Hall–Kier alpha value is -1.55. The Morgan fingerprint density at radius 3 is 2.50 bits per heavy atom. The second-order valence-electron chi connectivity index (χ2n) is 6.84. The molecule has 0 unspecified atom stereocenters. The molecule has 1 heterocycles. The van der Waals surface area contributed by atoms with Crippen LogP contribution in [0.25, 0.3) is 0 Å². The van der Waals surface area contributed by atoms with Crippen molar-refractivity contribution in [2.75, 3.05) is 19.8 Å². The lowest BCUT2D eigenvalue weighted by Gasteiger charge is -2.37. The molecular weight excluding hydrogens is 278 g/mol. The monoisotopic (exact) mass is 303 g/mol. The second-order valence-corrected chi connectivity index (χ2v) is 6.84. The molecule has 0 bridgehead atoms. The maximum atomic E-state index is 12.0. The maximum absolute atomic E-state index is 12.0. The highest BCUT2D eigenvalue weighted by Gasteiger charge is 2.34. The van der Waals surface area contributed by atoms with Gasteiger partial charge in [-0.3, -0.25) is 4.79 Å². The van der Waals surface area contributed by atoms with Crippen LogP contribution in [0.2, 0.25) is 0 Å². The van der Waals surface area contributed by atoms with Crippen LogP contribution >= 0.6 is 0 Å². The number of amides is 1. The van der Waals surface area contributed by atoms with Crippen molar-refractivity contribution in [2.45, 2.75) is 45.7 Å². The number of nitrogens with zero attached hydrogens (tertiary/aromatic N) is 1. The number of carbonyl (C=O) groups excluding carboxylic acids is 1. The first-order valence-corrected chi connectivity index (χ1v) is 8.19. The fourth-order valence-electron chi connectivity index (χ4n) is 2.69. The van der Waals surface area contributed by atoms with Crippen LogP contribution in [0, 0.1) is 5.41 Å². The van der Waals surface area contributed by atoms with Gasteiger partial charge >= 0.3 is 0 Å². The molecule has 1 saturated heterocycles. The van der Waals surface area contributed by atoms with E-state index < -0.39 is 0 Å². The van der Waals surface area contributed by atoms with Gasteiger partial charge in [-0.05, 0) is 30.5 Å². The SMILES string of the molecule is CCC(=O)N(Cc1ccc(OCC2(C)COC2)cc1)C1CC1. The van der Waals surface area contributed by atoms with Crippen molar-refractivity contribution in [2.24, 2.45) is 5.41 Å². The molecule has 1 aliphatic heterocycles. The third kappa shape index (κ3) is 3.61. The van der Waals surface area contributed by atoms with Crippen LogP contribution in [0.3, 0.4) is 0 Å². The zero-order chi connectivity index (χ0) is 15.6. The van der Waals surface area contributed by atoms with E-state index in [1.165, 1.54) is 5.56 Å². The molecular formula is C18H25NO3. The molecule has 1 aliphatic carbocycles. The fraction of sp³-hybridized carbons (Fsp3) is 0.611. The highest BCUT2D eigenvalue weighted by Crippen LogP contribution is 2.30. The first-order valence-electron chi connectivity index (χ1n) is 8.19. The number of benzene rings is 1. The van der Waals surface area contributed by atoms with Crippen molar-refractivity contribution >= 4 is 5.91 Å². The summed E-state index contributed by atoms with van der Waals surface area (Å²) >= 11 is 0. The number of rotatable bonds is 7. The van der Waals surface area contributed by atoms with E-state index in [0.29, 0.717) is 25.6 Å². The van der Waals surface area contributed by atoms with Crippen LogP contribution < -0.4 is 4.74 Å². The normalized spacial score (nSPS) is 19.4. The lowest BCUT2D eigenvalue weighted by Crippen LogP contribution is -2.44. The summed E-state index contributed by atoms with van der Waals surface area (Å²) in [6.07, 6.45) is 2.87.